The minimum Gasteiger partial charge on any atom is -0.444 e. The molecular weight excluding hydrogens is 434 g/mol. The maximum Gasteiger partial charge on any atom is 0.420 e. The number of para-hydroxylation sites is 1. The Bertz CT molecular complexity index is 978. The van der Waals surface area contributed by atoms with Crippen molar-refractivity contribution in [3.05, 3.63) is 54.2 Å². The lowest BCUT2D eigenvalue weighted by molar-refractivity contribution is 0.0525. The van der Waals surface area contributed by atoms with Gasteiger partial charge in [0.2, 0.25) is 0 Å². The molecular formula is C26H35N3O5. The minimum atomic E-state index is -0.718. The quantitative estimate of drug-likeness (QED) is 0.374. The zero-order valence-electron chi connectivity index (χ0n) is 20.9. The van der Waals surface area contributed by atoms with E-state index in [4.69, 9.17) is 9.47 Å². The average molecular weight is 470 g/mol. The Kier molecular flexibility index (Phi) is 9.18. The van der Waals surface area contributed by atoms with Crippen molar-refractivity contribution in [2.24, 2.45) is 0 Å². The third kappa shape index (κ3) is 8.84. The van der Waals surface area contributed by atoms with E-state index >= 15 is 0 Å². The number of ketones is 1. The molecule has 0 spiro atoms. The van der Waals surface area contributed by atoms with Crippen molar-refractivity contribution in [2.45, 2.75) is 72.0 Å². The fraction of sp³-hybridized carbons (Fsp3) is 0.462. The first-order valence-corrected chi connectivity index (χ1v) is 11.4. The number of rotatable bonds is 8. The number of anilines is 2. The lowest BCUT2D eigenvalue weighted by Crippen LogP contribution is -2.35. The molecule has 0 atom stereocenters. The minimum absolute atomic E-state index is 0.148. The molecule has 0 radical (unpaired) electrons. The van der Waals surface area contributed by atoms with Crippen molar-refractivity contribution in [2.75, 3.05) is 11.4 Å². The molecule has 8 heteroatoms. The molecule has 2 rings (SSSR count). The number of carbonyl (C=O) groups is 3. The molecule has 0 aliphatic carbocycles. The number of pyridine rings is 1. The van der Waals surface area contributed by atoms with Gasteiger partial charge in [0.25, 0.3) is 0 Å². The number of hydrogen-bond acceptors (Lipinski definition) is 6. The van der Waals surface area contributed by atoms with Crippen molar-refractivity contribution >= 4 is 29.5 Å². The Hall–Kier alpha value is -3.42. The van der Waals surface area contributed by atoms with Crippen LogP contribution in [0.25, 0.3) is 0 Å². The second-order valence-electron chi connectivity index (χ2n) is 9.83. The van der Waals surface area contributed by atoms with Crippen LogP contribution >= 0.6 is 0 Å². The van der Waals surface area contributed by atoms with Gasteiger partial charge in [-0.3, -0.25) is 4.79 Å². The van der Waals surface area contributed by atoms with Crippen LogP contribution in [0.3, 0.4) is 0 Å². The first-order chi connectivity index (χ1) is 15.9. The van der Waals surface area contributed by atoms with Gasteiger partial charge in [0.1, 0.15) is 11.2 Å². The second kappa shape index (κ2) is 11.6. The molecule has 0 bridgehead atoms. The molecule has 1 aromatic carbocycles. The maximum absolute atomic E-state index is 13.1. The van der Waals surface area contributed by atoms with Crippen LogP contribution in [-0.4, -0.2) is 40.7 Å². The van der Waals surface area contributed by atoms with Gasteiger partial charge in [0.15, 0.2) is 11.6 Å². The van der Waals surface area contributed by atoms with Crippen molar-refractivity contribution in [3.63, 3.8) is 0 Å². The number of amides is 2. The van der Waals surface area contributed by atoms with Crippen LogP contribution in [0.15, 0.2) is 48.7 Å². The largest absolute Gasteiger partial charge is 0.444 e. The Morgan fingerprint density at radius 1 is 0.882 bits per heavy atom. The Morgan fingerprint density at radius 2 is 1.53 bits per heavy atom. The molecule has 1 aromatic heterocycles. The van der Waals surface area contributed by atoms with E-state index < -0.39 is 23.4 Å². The number of Topliss-reactive ketones (excluding diaryl/α,β-unsaturated/α-hetero) is 1. The number of hydrogen-bond donors (Lipinski definition) is 1. The predicted molar refractivity (Wildman–Crippen MR) is 131 cm³/mol. The third-order valence-electron chi connectivity index (χ3n) is 4.39. The molecule has 34 heavy (non-hydrogen) atoms. The van der Waals surface area contributed by atoms with Crippen LogP contribution in [0.1, 0.15) is 71.2 Å². The summed E-state index contributed by atoms with van der Waals surface area (Å²) in [6, 6.07) is 12.3. The third-order valence-corrected chi connectivity index (χ3v) is 4.39. The number of aromatic nitrogens is 1. The molecule has 0 saturated carbocycles. The summed E-state index contributed by atoms with van der Waals surface area (Å²) in [6.45, 7) is 11.1. The van der Waals surface area contributed by atoms with E-state index in [1.807, 2.05) is 6.07 Å². The molecule has 0 aliphatic heterocycles. The molecule has 2 amide bonds. The number of nitrogens with one attached hydrogen (secondary N) is 1. The zero-order valence-corrected chi connectivity index (χ0v) is 20.9. The van der Waals surface area contributed by atoms with E-state index in [1.165, 1.54) is 11.1 Å². The lowest BCUT2D eigenvalue weighted by Gasteiger charge is -2.27. The summed E-state index contributed by atoms with van der Waals surface area (Å²) in [5.74, 6) is 0.0738. The summed E-state index contributed by atoms with van der Waals surface area (Å²) in [7, 11) is 0. The van der Waals surface area contributed by atoms with Crippen molar-refractivity contribution < 1.29 is 23.9 Å². The van der Waals surface area contributed by atoms with Gasteiger partial charge in [-0.15, -0.1) is 0 Å². The number of alkyl carbamates (subject to hydrolysis) is 1. The first kappa shape index (κ1) is 26.8. The van der Waals surface area contributed by atoms with Crippen LogP contribution in [0.4, 0.5) is 21.1 Å². The van der Waals surface area contributed by atoms with Gasteiger partial charge in [0, 0.05) is 19.2 Å². The molecule has 0 fully saturated rings. The van der Waals surface area contributed by atoms with Crippen LogP contribution in [0.2, 0.25) is 0 Å². The molecule has 1 heterocycles. The molecule has 184 valence electrons. The van der Waals surface area contributed by atoms with Crippen LogP contribution in [-0.2, 0) is 9.47 Å². The Morgan fingerprint density at radius 3 is 2.15 bits per heavy atom. The molecule has 8 nitrogen and oxygen atoms in total. The molecule has 1 N–H and O–H groups in total. The molecule has 0 aliphatic rings. The van der Waals surface area contributed by atoms with Gasteiger partial charge in [-0.1, -0.05) is 18.2 Å². The molecule has 0 saturated heterocycles. The Balaban J connectivity index is 2.12. The van der Waals surface area contributed by atoms with Gasteiger partial charge in [-0.25, -0.2) is 19.5 Å². The topological polar surface area (TPSA) is 97.8 Å². The van der Waals surface area contributed by atoms with Gasteiger partial charge in [0.05, 0.1) is 11.3 Å². The summed E-state index contributed by atoms with van der Waals surface area (Å²) in [5, 5.41) is 2.69. The predicted octanol–water partition coefficient (Wildman–Crippen LogP) is 6.03. The van der Waals surface area contributed by atoms with Crippen LogP contribution < -0.4 is 10.2 Å². The zero-order chi connectivity index (χ0) is 25.4. The smallest absolute Gasteiger partial charge is 0.420 e. The number of carbonyl (C=O) groups excluding carboxylic acids is 3. The van der Waals surface area contributed by atoms with E-state index in [1.54, 1.807) is 77.9 Å². The summed E-state index contributed by atoms with van der Waals surface area (Å²) in [4.78, 5) is 43.6. The van der Waals surface area contributed by atoms with Gasteiger partial charge in [-0.05, 0) is 78.6 Å². The molecule has 2 aromatic rings. The number of nitrogens with zero attached hydrogens (tertiary/aromatic N) is 2. The summed E-state index contributed by atoms with van der Waals surface area (Å²) < 4.78 is 10.8. The van der Waals surface area contributed by atoms with Crippen molar-refractivity contribution in [1.29, 1.82) is 0 Å². The van der Waals surface area contributed by atoms with Crippen molar-refractivity contribution in [1.82, 2.24) is 10.3 Å². The van der Waals surface area contributed by atoms with Crippen LogP contribution in [0, 0.1) is 0 Å². The van der Waals surface area contributed by atoms with E-state index in [0.717, 1.165) is 0 Å². The summed E-state index contributed by atoms with van der Waals surface area (Å²) in [6.07, 6.45) is 1.84. The fourth-order valence-corrected chi connectivity index (χ4v) is 3.04. The van der Waals surface area contributed by atoms with Crippen molar-refractivity contribution in [3.8, 4) is 0 Å². The summed E-state index contributed by atoms with van der Waals surface area (Å²) >= 11 is 0. The lowest BCUT2D eigenvalue weighted by atomic mass is 10.1. The monoisotopic (exact) mass is 469 g/mol. The van der Waals surface area contributed by atoms with Gasteiger partial charge < -0.3 is 14.8 Å². The number of ether oxygens (including phenoxy) is 2. The Labute approximate surface area is 201 Å². The highest BCUT2D eigenvalue weighted by molar-refractivity contribution is 6.06. The standard InChI is InChI=1S/C26H35N3O5/c1-25(2,3)33-23(31)28-17-11-10-16-21(30)20-15-12-18-27-22(20)29(19-13-8-7-9-14-19)24(32)34-26(4,5)6/h7-9,12-15,18H,10-11,16-17H2,1-6H3,(H,28,31). The maximum atomic E-state index is 13.1. The fourth-order valence-electron chi connectivity index (χ4n) is 3.04. The highest BCUT2D eigenvalue weighted by Crippen LogP contribution is 2.29. The van der Waals surface area contributed by atoms with E-state index in [9.17, 15) is 14.4 Å². The van der Waals surface area contributed by atoms with Crippen LogP contribution in [0.5, 0.6) is 0 Å². The summed E-state index contributed by atoms with van der Waals surface area (Å²) in [5.41, 5.74) is -0.400. The van der Waals surface area contributed by atoms with Gasteiger partial charge in [-0.2, -0.15) is 0 Å². The van der Waals surface area contributed by atoms with E-state index in [0.29, 0.717) is 30.6 Å². The second-order valence-corrected chi connectivity index (χ2v) is 9.83. The molecule has 0 unspecified atom stereocenters. The number of unbranched alkanes of at least 4 members (excludes halogenated alkanes) is 1. The number of benzene rings is 1. The highest BCUT2D eigenvalue weighted by atomic mass is 16.6. The average Bonchev–Trinajstić information content (AvgIpc) is 2.72. The van der Waals surface area contributed by atoms with E-state index in [2.05, 4.69) is 10.3 Å². The first-order valence-electron chi connectivity index (χ1n) is 11.4. The highest BCUT2D eigenvalue weighted by Gasteiger charge is 2.29. The normalized spacial score (nSPS) is 11.5. The SMILES string of the molecule is CC(C)(C)OC(=O)NCCCCC(=O)c1cccnc1N(C(=O)OC(C)(C)C)c1ccccc1. The van der Waals surface area contributed by atoms with Gasteiger partial charge >= 0.3 is 12.2 Å². The van der Waals surface area contributed by atoms with E-state index in [-0.39, 0.29) is 18.0 Å².